The molecule has 0 aromatic heterocycles. The van der Waals surface area contributed by atoms with Crippen molar-refractivity contribution in [3.8, 4) is 0 Å². The molecule has 3 aliphatic carbocycles. The molecule has 0 heterocycles. The number of fused-ring (bicyclic) bond motifs is 1. The Kier molecular flexibility index (Phi) is 5.94. The van der Waals surface area contributed by atoms with Crippen LogP contribution in [0, 0.1) is 73.5 Å². The van der Waals surface area contributed by atoms with E-state index in [0.717, 1.165) is 0 Å². The average Bonchev–Trinajstić information content (AvgIpc) is 3.03. The van der Waals surface area contributed by atoms with E-state index in [1.165, 1.54) is 24.2 Å². The third-order valence-electron chi connectivity index (χ3n) is 4.23. The molecular formula is C16H18Cl2Zr+2. The molecule has 3 fully saturated rings. The molecule has 0 aromatic carbocycles. The van der Waals surface area contributed by atoms with Crippen molar-refractivity contribution < 1.29 is 20.8 Å². The van der Waals surface area contributed by atoms with Gasteiger partial charge in [0, 0.05) is 0 Å². The standard InChI is InChI=1S/C16H18.2ClH.Zr/c1-15(2)11-16(3,12-7-4-5-8-12)14-10-6-9-13(14)15;;;/h4-10H,11H2,1-3H3;2*1H;/q;;;+4/p-2. The van der Waals surface area contributed by atoms with E-state index in [9.17, 15) is 0 Å². The predicted molar refractivity (Wildman–Crippen MR) is 78.0 cm³/mol. The maximum absolute atomic E-state index is 4.93. The third-order valence-corrected chi connectivity index (χ3v) is 4.23. The van der Waals surface area contributed by atoms with Crippen molar-refractivity contribution in [3.05, 3.63) is 62.7 Å². The van der Waals surface area contributed by atoms with Crippen LogP contribution >= 0.6 is 17.0 Å². The monoisotopic (exact) mass is 370 g/mol. The molecule has 1 unspecified atom stereocenters. The van der Waals surface area contributed by atoms with Crippen LogP contribution in [0.2, 0.25) is 0 Å². The normalized spacial score (nSPS) is 34.8. The quantitative estimate of drug-likeness (QED) is 0.609. The maximum atomic E-state index is 4.93. The Labute approximate surface area is 138 Å². The topological polar surface area (TPSA) is 0 Å². The van der Waals surface area contributed by atoms with Crippen LogP contribution in [0.3, 0.4) is 0 Å². The average molecular weight is 372 g/mol. The van der Waals surface area contributed by atoms with E-state index < -0.39 is 20.8 Å². The number of hydrogen-bond donors (Lipinski definition) is 0. The first-order chi connectivity index (χ1) is 8.95. The van der Waals surface area contributed by atoms with Crippen molar-refractivity contribution in [3.63, 3.8) is 0 Å². The van der Waals surface area contributed by atoms with Crippen molar-refractivity contribution in [1.29, 1.82) is 0 Å². The van der Waals surface area contributed by atoms with Crippen molar-refractivity contribution in [2.45, 2.75) is 27.2 Å². The van der Waals surface area contributed by atoms with Crippen LogP contribution in [-0.2, 0) is 20.8 Å². The zero-order chi connectivity index (χ0) is 14.1. The number of halogens is 2. The summed E-state index contributed by atoms with van der Waals surface area (Å²) in [6, 6.07) is 0. The van der Waals surface area contributed by atoms with Crippen LogP contribution in [0.1, 0.15) is 27.2 Å². The van der Waals surface area contributed by atoms with E-state index in [-0.39, 0.29) is 5.41 Å². The molecule has 19 heavy (non-hydrogen) atoms. The Morgan fingerprint density at radius 3 is 2.00 bits per heavy atom. The molecule has 3 saturated carbocycles. The van der Waals surface area contributed by atoms with E-state index in [4.69, 9.17) is 17.0 Å². The molecule has 3 rings (SSSR count). The Hall–Kier alpha value is 1.46. The van der Waals surface area contributed by atoms with Crippen LogP contribution in [-0.4, -0.2) is 0 Å². The SMILES string of the molecule is CC1(C)CC(C)([C]2[CH][CH][CH][CH]2)[C]2[CH][CH][CH][C]21.[Cl][Zr+2][Cl]. The molecule has 0 saturated heterocycles. The molecule has 0 nitrogen and oxygen atoms in total. The van der Waals surface area contributed by atoms with Gasteiger partial charge in [0.25, 0.3) is 0 Å². The van der Waals surface area contributed by atoms with Crippen LogP contribution in [0.4, 0.5) is 0 Å². The summed E-state index contributed by atoms with van der Waals surface area (Å²) in [6.45, 7) is 7.11. The summed E-state index contributed by atoms with van der Waals surface area (Å²) in [6.07, 6.45) is 16.8. The van der Waals surface area contributed by atoms with Crippen LogP contribution in [0.5, 0.6) is 0 Å². The zero-order valence-corrected chi connectivity index (χ0v) is 15.5. The van der Waals surface area contributed by atoms with Crippen LogP contribution in [0.15, 0.2) is 0 Å². The molecule has 10 radical (unpaired) electrons. The molecule has 0 N–H and O–H groups in total. The van der Waals surface area contributed by atoms with Crippen molar-refractivity contribution in [2.24, 2.45) is 10.8 Å². The molecule has 0 bridgehead atoms. The molecule has 1 atom stereocenters. The fourth-order valence-electron chi connectivity index (χ4n) is 3.57. The zero-order valence-electron chi connectivity index (χ0n) is 11.5. The fourth-order valence-corrected chi connectivity index (χ4v) is 3.57. The number of hydrogen-bond acceptors (Lipinski definition) is 0. The summed E-state index contributed by atoms with van der Waals surface area (Å²) >= 11 is -0.826. The molecule has 98 valence electrons. The molecule has 0 amide bonds. The molecule has 0 aromatic rings. The van der Waals surface area contributed by atoms with Gasteiger partial charge in [-0.1, -0.05) is 20.8 Å². The van der Waals surface area contributed by atoms with Gasteiger partial charge in [0.05, 0.1) is 0 Å². The molecule has 0 aliphatic heterocycles. The minimum atomic E-state index is -0.826. The summed E-state index contributed by atoms with van der Waals surface area (Å²) < 4.78 is 0. The second kappa shape index (κ2) is 6.70. The van der Waals surface area contributed by atoms with Crippen LogP contribution in [0.25, 0.3) is 0 Å². The first kappa shape index (κ1) is 16.8. The summed E-state index contributed by atoms with van der Waals surface area (Å²) in [5.74, 6) is 4.53. The van der Waals surface area contributed by atoms with E-state index in [2.05, 4.69) is 65.7 Å². The Bertz CT molecular complexity index is 299. The third kappa shape index (κ3) is 3.29. The van der Waals surface area contributed by atoms with Crippen molar-refractivity contribution in [1.82, 2.24) is 0 Å². The first-order valence-corrected chi connectivity index (χ1v) is 12.7. The van der Waals surface area contributed by atoms with Crippen molar-refractivity contribution >= 4 is 17.0 Å². The van der Waals surface area contributed by atoms with Gasteiger partial charge in [0.2, 0.25) is 0 Å². The number of rotatable bonds is 1. The summed E-state index contributed by atoms with van der Waals surface area (Å²) in [7, 11) is 9.87. The molecule has 3 aliphatic rings. The van der Waals surface area contributed by atoms with Crippen molar-refractivity contribution in [2.75, 3.05) is 0 Å². The van der Waals surface area contributed by atoms with Gasteiger partial charge < -0.3 is 0 Å². The minimum absolute atomic E-state index is 0.214. The van der Waals surface area contributed by atoms with Gasteiger partial charge in [-0.25, -0.2) is 0 Å². The predicted octanol–water partition coefficient (Wildman–Crippen LogP) is 4.98. The fraction of sp³-hybridized carbons (Fsp3) is 0.375. The van der Waals surface area contributed by atoms with Gasteiger partial charge in [-0.15, -0.1) is 0 Å². The van der Waals surface area contributed by atoms with E-state index in [1.54, 1.807) is 0 Å². The molecule has 0 spiro atoms. The Morgan fingerprint density at radius 2 is 1.42 bits per heavy atom. The Morgan fingerprint density at radius 1 is 0.895 bits per heavy atom. The van der Waals surface area contributed by atoms with E-state index in [1.807, 2.05) is 0 Å². The van der Waals surface area contributed by atoms with E-state index in [0.29, 0.717) is 5.41 Å². The van der Waals surface area contributed by atoms with Gasteiger partial charge >= 0.3 is 37.9 Å². The second-order valence-corrected chi connectivity index (χ2v) is 9.72. The van der Waals surface area contributed by atoms with Gasteiger partial charge in [0.1, 0.15) is 0 Å². The van der Waals surface area contributed by atoms with Gasteiger partial charge in [-0.3, -0.25) is 0 Å². The first-order valence-electron chi connectivity index (χ1n) is 6.41. The van der Waals surface area contributed by atoms with Gasteiger partial charge in [-0.05, 0) is 80.0 Å². The van der Waals surface area contributed by atoms with Gasteiger partial charge in [0.15, 0.2) is 0 Å². The summed E-state index contributed by atoms with van der Waals surface area (Å²) in [4.78, 5) is 0. The summed E-state index contributed by atoms with van der Waals surface area (Å²) in [5, 5.41) is 0. The van der Waals surface area contributed by atoms with Gasteiger partial charge in [-0.2, -0.15) is 0 Å². The van der Waals surface area contributed by atoms with E-state index >= 15 is 0 Å². The van der Waals surface area contributed by atoms with Crippen LogP contribution < -0.4 is 0 Å². The summed E-state index contributed by atoms with van der Waals surface area (Å²) in [5.41, 5.74) is 0.524. The molecular weight excluding hydrogens is 354 g/mol. The second-order valence-electron chi connectivity index (χ2n) is 5.99. The Balaban J connectivity index is 0.000000408. The molecule has 3 heteroatoms.